The maximum atomic E-state index is 13.2. The van der Waals surface area contributed by atoms with E-state index < -0.39 is 12.1 Å². The van der Waals surface area contributed by atoms with Gasteiger partial charge in [-0.25, -0.2) is 4.99 Å². The van der Waals surface area contributed by atoms with Crippen LogP contribution in [0.25, 0.3) is 0 Å². The highest BCUT2D eigenvalue weighted by Gasteiger charge is 2.42. The fraction of sp³-hybridized carbons (Fsp3) is 0.692. The third-order valence-electron chi connectivity index (χ3n) is 7.38. The topological polar surface area (TPSA) is 94.4 Å². The third kappa shape index (κ3) is 5.52. The van der Waals surface area contributed by atoms with Crippen LogP contribution in [0.1, 0.15) is 64.0 Å². The Kier molecular flexibility index (Phi) is 7.01. The molecule has 5 atom stereocenters. The monoisotopic (exact) mass is 457 g/mol. The molecule has 0 aromatic heterocycles. The summed E-state index contributed by atoms with van der Waals surface area (Å²) in [5.41, 5.74) is 1.17. The second-order valence-electron chi connectivity index (χ2n) is 11.1. The van der Waals surface area contributed by atoms with Gasteiger partial charge in [-0.1, -0.05) is 25.3 Å². The number of carbonyl (C=O) groups is 1. The van der Waals surface area contributed by atoms with Gasteiger partial charge in [0.2, 0.25) is 11.8 Å². The molecule has 2 fully saturated rings. The van der Waals surface area contributed by atoms with E-state index in [2.05, 4.69) is 15.2 Å². The zero-order chi connectivity index (χ0) is 23.8. The first-order chi connectivity index (χ1) is 15.6. The molecule has 3 N–H and O–H groups in total. The molecular weight excluding hydrogens is 418 g/mol. The molecule has 33 heavy (non-hydrogen) atoms. The molecule has 7 heteroatoms. The number of aliphatic imine (C=N–C) groups is 1. The van der Waals surface area contributed by atoms with Gasteiger partial charge in [0.1, 0.15) is 18.4 Å². The molecule has 0 spiro atoms. The molecule has 7 nitrogen and oxygen atoms in total. The number of benzene rings is 1. The Bertz CT molecular complexity index is 894. The van der Waals surface area contributed by atoms with Gasteiger partial charge in [-0.05, 0) is 64.5 Å². The van der Waals surface area contributed by atoms with Crippen LogP contribution in [0, 0.1) is 18.8 Å². The fourth-order valence-electron chi connectivity index (χ4n) is 5.58. The van der Waals surface area contributed by atoms with E-state index in [0.717, 1.165) is 18.5 Å². The molecule has 2 aliphatic heterocycles. The summed E-state index contributed by atoms with van der Waals surface area (Å²) in [4.78, 5) is 20.0. The molecule has 1 aromatic rings. The van der Waals surface area contributed by atoms with E-state index in [0.29, 0.717) is 36.4 Å². The Morgan fingerprint density at radius 2 is 2.00 bits per heavy atom. The van der Waals surface area contributed by atoms with Crippen molar-refractivity contribution < 1.29 is 19.7 Å². The van der Waals surface area contributed by atoms with Crippen LogP contribution in [0.3, 0.4) is 0 Å². The number of hydrogen-bond donors (Lipinski definition) is 3. The molecule has 0 radical (unpaired) electrons. The number of nitrogens with zero attached hydrogens (tertiary/aromatic N) is 2. The molecule has 1 amide bonds. The van der Waals surface area contributed by atoms with E-state index in [1.165, 1.54) is 25.7 Å². The number of aliphatic hydroxyl groups excluding tert-OH is 1. The van der Waals surface area contributed by atoms with Crippen molar-refractivity contribution in [3.63, 3.8) is 0 Å². The Morgan fingerprint density at radius 1 is 1.27 bits per heavy atom. The van der Waals surface area contributed by atoms with E-state index in [9.17, 15) is 15.0 Å². The lowest BCUT2D eigenvalue weighted by Gasteiger charge is -2.46. The number of ether oxygens (including phenoxy) is 1. The van der Waals surface area contributed by atoms with Gasteiger partial charge in [-0.15, -0.1) is 0 Å². The van der Waals surface area contributed by atoms with Crippen molar-refractivity contribution in [2.45, 2.75) is 83.5 Å². The quantitative estimate of drug-likeness (QED) is 0.632. The van der Waals surface area contributed by atoms with Gasteiger partial charge in [-0.2, -0.15) is 0 Å². The number of aromatic hydroxyl groups is 1. The second kappa shape index (κ2) is 9.63. The minimum absolute atomic E-state index is 0.0565. The molecule has 0 bridgehead atoms. The van der Waals surface area contributed by atoms with Crippen molar-refractivity contribution >= 4 is 11.8 Å². The first kappa shape index (κ1) is 24.0. The van der Waals surface area contributed by atoms with Gasteiger partial charge in [-0.3, -0.25) is 9.69 Å². The lowest BCUT2D eigenvalue weighted by molar-refractivity contribution is -0.132. The number of piperidine rings is 1. The van der Waals surface area contributed by atoms with Crippen LogP contribution in [-0.2, 0) is 9.53 Å². The zero-order valence-corrected chi connectivity index (χ0v) is 20.4. The van der Waals surface area contributed by atoms with Gasteiger partial charge in [0.05, 0.1) is 12.1 Å². The SMILES string of the molecule is Cc1c(O)cccc1C1=N[C@H]([C@H](O)CN2C[C@H]3CCCC[C@H]3CC2C(=O)NC(C)(C)C)CO1. The highest BCUT2D eigenvalue weighted by atomic mass is 16.5. The standard InChI is InChI=1S/C26H39N3O4/c1-16-19(10-7-11-22(16)30)25-27-20(15-33-25)23(31)14-29-13-18-9-6-5-8-17(18)12-21(29)24(32)28-26(2,3)4/h7,10-11,17-18,20-21,23,30-31H,5-6,8-9,12-15H2,1-4H3,(H,28,32)/t17-,18+,20-,21?,23+/m0/s1. The number of hydrogen-bond acceptors (Lipinski definition) is 6. The third-order valence-corrected chi connectivity index (χ3v) is 7.38. The van der Waals surface area contributed by atoms with Gasteiger partial charge in [0.25, 0.3) is 0 Å². The summed E-state index contributed by atoms with van der Waals surface area (Å²) in [6, 6.07) is 4.65. The number of rotatable bonds is 5. The maximum Gasteiger partial charge on any atom is 0.237 e. The molecule has 3 aliphatic rings. The summed E-state index contributed by atoms with van der Waals surface area (Å²) < 4.78 is 5.80. The minimum atomic E-state index is -0.731. The normalized spacial score (nSPS) is 29.1. The summed E-state index contributed by atoms with van der Waals surface area (Å²) in [6.07, 6.45) is 5.04. The first-order valence-electron chi connectivity index (χ1n) is 12.4. The number of likely N-dealkylation sites (tertiary alicyclic amines) is 1. The van der Waals surface area contributed by atoms with Crippen LogP contribution < -0.4 is 5.32 Å². The van der Waals surface area contributed by atoms with Crippen molar-refractivity contribution in [3.8, 4) is 5.75 Å². The second-order valence-corrected chi connectivity index (χ2v) is 11.1. The van der Waals surface area contributed by atoms with Crippen LogP contribution in [0.2, 0.25) is 0 Å². The number of nitrogens with one attached hydrogen (secondary N) is 1. The molecule has 1 aromatic carbocycles. The molecule has 2 heterocycles. The Balaban J connectivity index is 1.48. The number of carbonyl (C=O) groups excluding carboxylic acids is 1. The van der Waals surface area contributed by atoms with Crippen LogP contribution in [0.15, 0.2) is 23.2 Å². The van der Waals surface area contributed by atoms with Crippen molar-refractivity contribution in [1.29, 1.82) is 0 Å². The average Bonchev–Trinajstić information content (AvgIpc) is 3.24. The summed E-state index contributed by atoms with van der Waals surface area (Å²) in [7, 11) is 0. The summed E-state index contributed by atoms with van der Waals surface area (Å²) in [6.45, 7) is 9.38. The molecule has 4 rings (SSSR count). The van der Waals surface area contributed by atoms with E-state index in [4.69, 9.17) is 4.74 Å². The van der Waals surface area contributed by atoms with Crippen molar-refractivity contribution in [2.24, 2.45) is 16.8 Å². The first-order valence-corrected chi connectivity index (χ1v) is 12.4. The minimum Gasteiger partial charge on any atom is -0.508 e. The van der Waals surface area contributed by atoms with Crippen LogP contribution in [0.5, 0.6) is 5.75 Å². The molecule has 182 valence electrons. The van der Waals surface area contributed by atoms with Crippen molar-refractivity contribution in [2.75, 3.05) is 19.7 Å². The fourth-order valence-corrected chi connectivity index (χ4v) is 5.58. The van der Waals surface area contributed by atoms with Gasteiger partial charge in [0, 0.05) is 29.8 Å². The predicted molar refractivity (Wildman–Crippen MR) is 128 cm³/mol. The molecular formula is C26H39N3O4. The van der Waals surface area contributed by atoms with E-state index in [1.807, 2.05) is 33.8 Å². The molecule has 1 unspecified atom stereocenters. The lowest BCUT2D eigenvalue weighted by Crippen LogP contribution is -2.59. The summed E-state index contributed by atoms with van der Waals surface area (Å²) in [5.74, 6) is 1.90. The van der Waals surface area contributed by atoms with Crippen molar-refractivity contribution in [1.82, 2.24) is 10.2 Å². The zero-order valence-electron chi connectivity index (χ0n) is 20.4. The van der Waals surface area contributed by atoms with E-state index >= 15 is 0 Å². The number of amides is 1. The Labute approximate surface area is 197 Å². The van der Waals surface area contributed by atoms with E-state index in [1.54, 1.807) is 12.1 Å². The smallest absolute Gasteiger partial charge is 0.237 e. The average molecular weight is 458 g/mol. The number of aliphatic hydroxyl groups is 1. The molecule has 1 aliphatic carbocycles. The summed E-state index contributed by atoms with van der Waals surface area (Å²) in [5, 5.41) is 24.3. The number of phenolic OH excluding ortho intramolecular Hbond substituents is 1. The van der Waals surface area contributed by atoms with Gasteiger partial charge >= 0.3 is 0 Å². The van der Waals surface area contributed by atoms with Gasteiger partial charge in [0.15, 0.2) is 0 Å². The molecule has 1 saturated carbocycles. The van der Waals surface area contributed by atoms with Gasteiger partial charge < -0.3 is 20.3 Å². The highest BCUT2D eigenvalue weighted by molar-refractivity contribution is 5.97. The maximum absolute atomic E-state index is 13.2. The Morgan fingerprint density at radius 3 is 2.73 bits per heavy atom. The van der Waals surface area contributed by atoms with Crippen LogP contribution >= 0.6 is 0 Å². The predicted octanol–water partition coefficient (Wildman–Crippen LogP) is 3.00. The van der Waals surface area contributed by atoms with Crippen LogP contribution in [-0.4, -0.2) is 70.3 Å². The van der Waals surface area contributed by atoms with Crippen LogP contribution in [0.4, 0.5) is 0 Å². The number of β-amino-alcohol motifs (C(OH)–C–C–N with tert-alkyl or cyclic N) is 1. The highest BCUT2D eigenvalue weighted by Crippen LogP contribution is 2.39. The van der Waals surface area contributed by atoms with E-state index in [-0.39, 0.29) is 23.2 Å². The number of phenols is 1. The largest absolute Gasteiger partial charge is 0.508 e. The van der Waals surface area contributed by atoms with Crippen molar-refractivity contribution in [3.05, 3.63) is 29.3 Å². The Hall–Kier alpha value is -2.12. The molecule has 1 saturated heterocycles. The lowest BCUT2D eigenvalue weighted by atomic mass is 9.72. The summed E-state index contributed by atoms with van der Waals surface area (Å²) >= 11 is 0. The number of fused-ring (bicyclic) bond motifs is 1.